The molecule has 6 nitrogen and oxygen atoms in total. The van der Waals surface area contributed by atoms with Crippen LogP contribution in [0.1, 0.15) is 46.5 Å². The molecule has 0 atom stereocenters. The molecule has 0 aliphatic heterocycles. The van der Waals surface area contributed by atoms with Crippen LogP contribution in [0.15, 0.2) is 12.2 Å². The summed E-state index contributed by atoms with van der Waals surface area (Å²) >= 11 is 0. The van der Waals surface area contributed by atoms with Crippen molar-refractivity contribution in [1.29, 1.82) is 0 Å². The lowest BCUT2D eigenvalue weighted by Crippen LogP contribution is -2.45. The molecule has 1 rings (SSSR count). The van der Waals surface area contributed by atoms with Crippen molar-refractivity contribution in [3.05, 3.63) is 12.2 Å². The Morgan fingerprint density at radius 2 is 1.74 bits per heavy atom. The molecule has 0 spiro atoms. The Morgan fingerprint density at radius 3 is 2.22 bits per heavy atom. The van der Waals surface area contributed by atoms with Crippen molar-refractivity contribution in [2.45, 2.75) is 64.2 Å². The number of hydrogen-bond donors (Lipinski definition) is 0. The minimum Gasteiger partial charge on any atom is -0.466 e. The number of carbonyl (C=O) groups is 2. The standard InChI is InChI=1S/C17H29NO5/c1-17(2,3)23-16(20)18(12-6-7-15(19)22-5)13-8-10-14(21-4)11-9-13/h6-7,13-14H,8-12H2,1-5H3/b7-6+. The third-order valence-corrected chi connectivity index (χ3v) is 3.80. The van der Waals surface area contributed by atoms with Crippen LogP contribution in [0.3, 0.4) is 0 Å². The molecule has 0 bridgehead atoms. The highest BCUT2D eigenvalue weighted by molar-refractivity contribution is 5.81. The third kappa shape index (κ3) is 7.03. The lowest BCUT2D eigenvalue weighted by molar-refractivity contribution is -0.134. The molecule has 0 saturated heterocycles. The summed E-state index contributed by atoms with van der Waals surface area (Å²) in [6.45, 7) is 5.85. The van der Waals surface area contributed by atoms with Crippen molar-refractivity contribution in [3.8, 4) is 0 Å². The Kier molecular flexibility index (Phi) is 7.55. The van der Waals surface area contributed by atoms with Crippen LogP contribution in [-0.4, -0.2) is 55.5 Å². The van der Waals surface area contributed by atoms with Gasteiger partial charge in [-0.1, -0.05) is 6.08 Å². The number of esters is 1. The van der Waals surface area contributed by atoms with Gasteiger partial charge in [-0.05, 0) is 46.5 Å². The number of carbonyl (C=O) groups excluding carboxylic acids is 2. The predicted octanol–water partition coefficient (Wildman–Crippen LogP) is 2.91. The van der Waals surface area contributed by atoms with Crippen LogP contribution in [0.5, 0.6) is 0 Å². The van der Waals surface area contributed by atoms with Gasteiger partial charge in [-0.2, -0.15) is 0 Å². The maximum atomic E-state index is 12.5. The van der Waals surface area contributed by atoms with Gasteiger partial charge in [0.05, 0.1) is 13.2 Å². The van der Waals surface area contributed by atoms with Gasteiger partial charge in [-0.25, -0.2) is 9.59 Å². The highest BCUT2D eigenvalue weighted by Gasteiger charge is 2.31. The second-order valence-corrected chi connectivity index (χ2v) is 6.72. The van der Waals surface area contributed by atoms with Crippen LogP contribution >= 0.6 is 0 Å². The lowest BCUT2D eigenvalue weighted by Gasteiger charge is -2.36. The average molecular weight is 327 g/mol. The minimum atomic E-state index is -0.550. The summed E-state index contributed by atoms with van der Waals surface area (Å²) in [5.41, 5.74) is -0.550. The van der Waals surface area contributed by atoms with E-state index in [0.717, 1.165) is 25.7 Å². The quantitative estimate of drug-likeness (QED) is 0.574. The molecule has 6 heteroatoms. The zero-order chi connectivity index (χ0) is 17.5. The molecule has 0 aromatic heterocycles. The van der Waals surface area contributed by atoms with Crippen molar-refractivity contribution >= 4 is 12.1 Å². The lowest BCUT2D eigenvalue weighted by atomic mass is 9.92. The van der Waals surface area contributed by atoms with Crippen molar-refractivity contribution in [3.63, 3.8) is 0 Å². The van der Waals surface area contributed by atoms with Crippen molar-refractivity contribution < 1.29 is 23.8 Å². The van der Waals surface area contributed by atoms with E-state index in [0.29, 0.717) is 6.54 Å². The van der Waals surface area contributed by atoms with Gasteiger partial charge in [-0.3, -0.25) is 0 Å². The van der Waals surface area contributed by atoms with E-state index in [1.54, 1.807) is 18.1 Å². The van der Waals surface area contributed by atoms with E-state index in [9.17, 15) is 9.59 Å². The summed E-state index contributed by atoms with van der Waals surface area (Å²) in [5, 5.41) is 0. The highest BCUT2D eigenvalue weighted by atomic mass is 16.6. The summed E-state index contributed by atoms with van der Waals surface area (Å²) in [7, 11) is 3.04. The van der Waals surface area contributed by atoms with E-state index in [4.69, 9.17) is 9.47 Å². The van der Waals surface area contributed by atoms with E-state index in [-0.39, 0.29) is 18.2 Å². The summed E-state index contributed by atoms with van der Waals surface area (Å²) in [4.78, 5) is 25.4. The molecule has 0 aromatic rings. The Labute approximate surface area is 138 Å². The van der Waals surface area contributed by atoms with E-state index in [2.05, 4.69) is 4.74 Å². The average Bonchev–Trinajstić information content (AvgIpc) is 2.49. The van der Waals surface area contributed by atoms with E-state index in [1.165, 1.54) is 13.2 Å². The molecule has 0 unspecified atom stereocenters. The van der Waals surface area contributed by atoms with E-state index < -0.39 is 11.6 Å². The van der Waals surface area contributed by atoms with Gasteiger partial charge < -0.3 is 19.1 Å². The summed E-state index contributed by atoms with van der Waals surface area (Å²) < 4.78 is 15.4. The molecule has 1 saturated carbocycles. The van der Waals surface area contributed by atoms with Crippen LogP contribution in [-0.2, 0) is 19.0 Å². The third-order valence-electron chi connectivity index (χ3n) is 3.80. The number of nitrogens with zero attached hydrogens (tertiary/aromatic N) is 1. The van der Waals surface area contributed by atoms with Gasteiger partial charge >= 0.3 is 12.1 Å². The SMILES string of the molecule is COC(=O)/C=C/CN(C(=O)OC(C)(C)C)C1CCC(OC)CC1. The number of hydrogen-bond acceptors (Lipinski definition) is 5. The molecule has 0 radical (unpaired) electrons. The van der Waals surface area contributed by atoms with Crippen LogP contribution in [0.2, 0.25) is 0 Å². The Bertz CT molecular complexity index is 419. The summed E-state index contributed by atoms with van der Waals surface area (Å²) in [6, 6.07) is 0.0959. The largest absolute Gasteiger partial charge is 0.466 e. The zero-order valence-electron chi connectivity index (χ0n) is 14.8. The van der Waals surface area contributed by atoms with Crippen LogP contribution in [0.25, 0.3) is 0 Å². The van der Waals surface area contributed by atoms with Crippen molar-refractivity contribution in [2.75, 3.05) is 20.8 Å². The first-order valence-electron chi connectivity index (χ1n) is 8.03. The number of amides is 1. The first-order chi connectivity index (χ1) is 10.8. The fourth-order valence-electron chi connectivity index (χ4n) is 2.62. The first-order valence-corrected chi connectivity index (χ1v) is 8.03. The molecule has 0 aromatic carbocycles. The number of rotatable bonds is 5. The van der Waals surface area contributed by atoms with Gasteiger partial charge in [0.1, 0.15) is 5.60 Å². The monoisotopic (exact) mass is 327 g/mol. The normalized spacial score (nSPS) is 22.0. The number of ether oxygens (including phenoxy) is 3. The molecule has 1 amide bonds. The Balaban J connectivity index is 2.73. The Hall–Kier alpha value is -1.56. The summed E-state index contributed by atoms with van der Waals surface area (Å²) in [6.07, 6.45) is 6.44. The van der Waals surface area contributed by atoms with Crippen LogP contribution in [0, 0.1) is 0 Å². The molecule has 132 valence electrons. The molecule has 0 heterocycles. The summed E-state index contributed by atoms with van der Waals surface area (Å²) in [5.74, 6) is -0.433. The van der Waals surface area contributed by atoms with Crippen molar-refractivity contribution in [1.82, 2.24) is 4.90 Å². The van der Waals surface area contributed by atoms with Gasteiger partial charge in [0, 0.05) is 25.8 Å². The van der Waals surface area contributed by atoms with E-state index >= 15 is 0 Å². The second kappa shape index (κ2) is 8.91. The molecular weight excluding hydrogens is 298 g/mol. The molecule has 0 N–H and O–H groups in total. The van der Waals surface area contributed by atoms with Gasteiger partial charge in [-0.15, -0.1) is 0 Å². The van der Waals surface area contributed by atoms with Crippen LogP contribution in [0.4, 0.5) is 4.79 Å². The van der Waals surface area contributed by atoms with E-state index in [1.807, 2.05) is 20.8 Å². The molecular formula is C17H29NO5. The molecule has 1 aliphatic carbocycles. The highest BCUT2D eigenvalue weighted by Crippen LogP contribution is 2.26. The molecule has 23 heavy (non-hydrogen) atoms. The maximum Gasteiger partial charge on any atom is 0.410 e. The van der Waals surface area contributed by atoms with Crippen LogP contribution < -0.4 is 0 Å². The minimum absolute atomic E-state index is 0.0959. The molecule has 1 aliphatic rings. The van der Waals surface area contributed by atoms with Gasteiger partial charge in [0.25, 0.3) is 0 Å². The zero-order valence-corrected chi connectivity index (χ0v) is 14.8. The fourth-order valence-corrected chi connectivity index (χ4v) is 2.62. The first kappa shape index (κ1) is 19.5. The predicted molar refractivity (Wildman–Crippen MR) is 87.1 cm³/mol. The topological polar surface area (TPSA) is 65.1 Å². The fraction of sp³-hybridized carbons (Fsp3) is 0.765. The number of methoxy groups -OCH3 is 2. The van der Waals surface area contributed by atoms with Gasteiger partial charge in [0.2, 0.25) is 0 Å². The maximum absolute atomic E-state index is 12.5. The molecule has 1 fully saturated rings. The smallest absolute Gasteiger partial charge is 0.410 e. The second-order valence-electron chi connectivity index (χ2n) is 6.72. The van der Waals surface area contributed by atoms with Crippen molar-refractivity contribution in [2.24, 2.45) is 0 Å². The Morgan fingerprint density at radius 1 is 1.13 bits per heavy atom. The van der Waals surface area contributed by atoms with Gasteiger partial charge in [0.15, 0.2) is 0 Å².